The molecule has 0 spiro atoms. The Morgan fingerprint density at radius 1 is 1.28 bits per heavy atom. The van der Waals surface area contributed by atoms with Crippen molar-refractivity contribution in [3.05, 3.63) is 23.8 Å². The lowest BCUT2D eigenvalue weighted by atomic mass is 9.88. The number of ether oxygens (including phenoxy) is 1. The monoisotopic (exact) mass is 248 g/mol. The molecule has 0 saturated carbocycles. The van der Waals surface area contributed by atoms with Gasteiger partial charge in [0.15, 0.2) is 0 Å². The fourth-order valence-corrected chi connectivity index (χ4v) is 2.80. The molecule has 0 aromatic heterocycles. The second-order valence-electron chi connectivity index (χ2n) is 5.41. The number of benzene rings is 1. The van der Waals surface area contributed by atoms with E-state index in [0.29, 0.717) is 12.0 Å². The third kappa shape index (κ3) is 2.78. The highest BCUT2D eigenvalue weighted by atomic mass is 16.5. The molecular formula is C15H24N2O. The number of hydrogen-bond acceptors (Lipinski definition) is 3. The van der Waals surface area contributed by atoms with E-state index in [4.69, 9.17) is 10.5 Å². The van der Waals surface area contributed by atoms with Crippen molar-refractivity contribution in [3.8, 4) is 5.75 Å². The number of nitrogen functional groups attached to an aromatic ring is 1. The fourth-order valence-electron chi connectivity index (χ4n) is 2.80. The van der Waals surface area contributed by atoms with Crippen LogP contribution in [0, 0.1) is 0 Å². The summed E-state index contributed by atoms with van der Waals surface area (Å²) in [7, 11) is 1.73. The lowest BCUT2D eigenvalue weighted by Crippen LogP contribution is -2.37. The highest BCUT2D eigenvalue weighted by Gasteiger charge is 2.24. The molecular weight excluding hydrogens is 224 g/mol. The van der Waals surface area contributed by atoms with E-state index in [1.807, 2.05) is 12.1 Å². The summed E-state index contributed by atoms with van der Waals surface area (Å²) in [5, 5.41) is 0. The van der Waals surface area contributed by atoms with Crippen LogP contribution in [0.5, 0.6) is 5.75 Å². The van der Waals surface area contributed by atoms with Gasteiger partial charge in [0.2, 0.25) is 0 Å². The molecule has 1 fully saturated rings. The molecule has 1 saturated heterocycles. The Kier molecular flexibility index (Phi) is 4.12. The van der Waals surface area contributed by atoms with Gasteiger partial charge in [-0.2, -0.15) is 0 Å². The molecule has 0 unspecified atom stereocenters. The molecule has 1 heterocycles. The summed E-state index contributed by atoms with van der Waals surface area (Å²) in [5.41, 5.74) is 8.01. The minimum Gasteiger partial charge on any atom is -0.496 e. The molecule has 0 atom stereocenters. The van der Waals surface area contributed by atoms with Crippen molar-refractivity contribution in [1.82, 2.24) is 4.90 Å². The Morgan fingerprint density at radius 2 is 1.94 bits per heavy atom. The largest absolute Gasteiger partial charge is 0.496 e. The zero-order valence-electron chi connectivity index (χ0n) is 11.6. The summed E-state index contributed by atoms with van der Waals surface area (Å²) >= 11 is 0. The number of methoxy groups -OCH3 is 1. The molecule has 2 N–H and O–H groups in total. The van der Waals surface area contributed by atoms with Crippen LogP contribution in [0.25, 0.3) is 0 Å². The van der Waals surface area contributed by atoms with E-state index in [9.17, 15) is 0 Å². The van der Waals surface area contributed by atoms with Gasteiger partial charge < -0.3 is 15.4 Å². The van der Waals surface area contributed by atoms with Gasteiger partial charge in [0.05, 0.1) is 7.11 Å². The van der Waals surface area contributed by atoms with E-state index in [1.165, 1.54) is 31.5 Å². The highest BCUT2D eigenvalue weighted by molar-refractivity contribution is 5.49. The molecule has 18 heavy (non-hydrogen) atoms. The van der Waals surface area contributed by atoms with E-state index in [1.54, 1.807) is 7.11 Å². The normalized spacial score (nSPS) is 18.2. The molecule has 1 aromatic rings. The number of likely N-dealkylation sites (tertiary alicyclic amines) is 1. The first-order valence-electron chi connectivity index (χ1n) is 6.79. The number of nitrogens with zero attached hydrogens (tertiary/aromatic N) is 1. The number of piperidine rings is 1. The van der Waals surface area contributed by atoms with Gasteiger partial charge in [-0.25, -0.2) is 0 Å². The Morgan fingerprint density at radius 3 is 2.50 bits per heavy atom. The van der Waals surface area contributed by atoms with Crippen LogP contribution in [0.3, 0.4) is 0 Å². The molecule has 3 heteroatoms. The standard InChI is InChI=1S/C15H24N2O/c1-11(2)17-8-6-12(7-9-17)14-10-13(16)4-5-15(14)18-3/h4-5,10-12H,6-9,16H2,1-3H3. The van der Waals surface area contributed by atoms with E-state index in [-0.39, 0.29) is 0 Å². The van der Waals surface area contributed by atoms with E-state index in [2.05, 4.69) is 24.8 Å². The van der Waals surface area contributed by atoms with Crippen molar-refractivity contribution in [3.63, 3.8) is 0 Å². The Bertz CT molecular complexity index is 395. The third-order valence-electron chi connectivity index (χ3n) is 3.95. The lowest BCUT2D eigenvalue weighted by Gasteiger charge is -2.35. The van der Waals surface area contributed by atoms with Gasteiger partial charge >= 0.3 is 0 Å². The number of hydrogen-bond donors (Lipinski definition) is 1. The smallest absolute Gasteiger partial charge is 0.122 e. The first kappa shape index (κ1) is 13.2. The molecule has 0 radical (unpaired) electrons. The van der Waals surface area contributed by atoms with E-state index in [0.717, 1.165) is 11.4 Å². The van der Waals surface area contributed by atoms with Crippen molar-refractivity contribution in [2.24, 2.45) is 0 Å². The van der Waals surface area contributed by atoms with Crippen molar-refractivity contribution in [2.75, 3.05) is 25.9 Å². The summed E-state index contributed by atoms with van der Waals surface area (Å²) in [6.07, 6.45) is 2.38. The molecule has 1 aliphatic rings. The van der Waals surface area contributed by atoms with Gasteiger partial charge in [0.25, 0.3) is 0 Å². The third-order valence-corrected chi connectivity index (χ3v) is 3.95. The van der Waals surface area contributed by atoms with Gasteiger partial charge in [-0.3, -0.25) is 0 Å². The maximum absolute atomic E-state index is 5.90. The van der Waals surface area contributed by atoms with Crippen molar-refractivity contribution in [1.29, 1.82) is 0 Å². The van der Waals surface area contributed by atoms with Crippen LogP contribution < -0.4 is 10.5 Å². The first-order valence-corrected chi connectivity index (χ1v) is 6.79. The number of rotatable bonds is 3. The lowest BCUT2D eigenvalue weighted by molar-refractivity contribution is 0.171. The number of nitrogens with two attached hydrogens (primary N) is 1. The predicted octanol–water partition coefficient (Wildman–Crippen LogP) is 2.87. The van der Waals surface area contributed by atoms with Crippen LogP contribution in [0.4, 0.5) is 5.69 Å². The second kappa shape index (κ2) is 5.61. The minimum absolute atomic E-state index is 0.582. The van der Waals surface area contributed by atoms with Gasteiger partial charge in [-0.1, -0.05) is 0 Å². The summed E-state index contributed by atoms with van der Waals surface area (Å²) in [6, 6.07) is 6.62. The van der Waals surface area contributed by atoms with Crippen LogP contribution in [0.1, 0.15) is 38.2 Å². The zero-order valence-corrected chi connectivity index (χ0v) is 11.6. The van der Waals surface area contributed by atoms with Gasteiger partial charge in [0, 0.05) is 11.7 Å². The Balaban J connectivity index is 2.11. The summed E-state index contributed by atoms with van der Waals surface area (Å²) in [6.45, 7) is 6.86. The van der Waals surface area contributed by atoms with Crippen molar-refractivity contribution < 1.29 is 4.74 Å². The number of anilines is 1. The molecule has 2 rings (SSSR count). The van der Waals surface area contributed by atoms with Gasteiger partial charge in [-0.15, -0.1) is 0 Å². The molecule has 0 amide bonds. The quantitative estimate of drug-likeness (QED) is 0.836. The van der Waals surface area contributed by atoms with E-state index >= 15 is 0 Å². The molecule has 0 aliphatic carbocycles. The molecule has 3 nitrogen and oxygen atoms in total. The van der Waals surface area contributed by atoms with Crippen molar-refractivity contribution >= 4 is 5.69 Å². The average molecular weight is 248 g/mol. The molecule has 1 aromatic carbocycles. The Hall–Kier alpha value is -1.22. The van der Waals surface area contributed by atoms with E-state index < -0.39 is 0 Å². The molecule has 0 bridgehead atoms. The van der Waals surface area contributed by atoms with Crippen LogP contribution >= 0.6 is 0 Å². The fraction of sp³-hybridized carbons (Fsp3) is 0.600. The Labute approximate surface area is 110 Å². The average Bonchev–Trinajstić information content (AvgIpc) is 2.39. The van der Waals surface area contributed by atoms with Crippen molar-refractivity contribution in [2.45, 2.75) is 38.6 Å². The van der Waals surface area contributed by atoms with Crippen LogP contribution in [0.15, 0.2) is 18.2 Å². The first-order chi connectivity index (χ1) is 8.61. The van der Waals surface area contributed by atoms with Gasteiger partial charge in [-0.05, 0) is 69.5 Å². The molecule has 100 valence electrons. The summed E-state index contributed by atoms with van der Waals surface area (Å²) in [4.78, 5) is 2.54. The highest BCUT2D eigenvalue weighted by Crippen LogP contribution is 2.35. The molecule has 1 aliphatic heterocycles. The minimum atomic E-state index is 0.582. The summed E-state index contributed by atoms with van der Waals surface area (Å²) < 4.78 is 5.46. The summed E-state index contributed by atoms with van der Waals surface area (Å²) in [5.74, 6) is 1.56. The maximum atomic E-state index is 5.90. The zero-order chi connectivity index (χ0) is 13.1. The SMILES string of the molecule is COc1ccc(N)cc1C1CCN(C(C)C)CC1. The van der Waals surface area contributed by atoms with Crippen LogP contribution in [0.2, 0.25) is 0 Å². The second-order valence-corrected chi connectivity index (χ2v) is 5.41. The predicted molar refractivity (Wildman–Crippen MR) is 76.1 cm³/mol. The van der Waals surface area contributed by atoms with Crippen LogP contribution in [-0.4, -0.2) is 31.1 Å². The maximum Gasteiger partial charge on any atom is 0.122 e. The van der Waals surface area contributed by atoms with Gasteiger partial charge in [0.1, 0.15) is 5.75 Å². The topological polar surface area (TPSA) is 38.5 Å². The van der Waals surface area contributed by atoms with Crippen LogP contribution in [-0.2, 0) is 0 Å².